The summed E-state index contributed by atoms with van der Waals surface area (Å²) in [5, 5.41) is 0. The molecule has 1 aliphatic heterocycles. The molecule has 2 nitrogen and oxygen atoms in total. The number of benzene rings is 3. The minimum Gasteiger partial charge on any atom is -0.297 e. The Balaban J connectivity index is 1.31. The van der Waals surface area contributed by atoms with Gasteiger partial charge in [0.25, 0.3) is 0 Å². The predicted molar refractivity (Wildman–Crippen MR) is 119 cm³/mol. The minimum atomic E-state index is 1.03. The van der Waals surface area contributed by atoms with E-state index in [4.69, 9.17) is 0 Å². The van der Waals surface area contributed by atoms with Crippen molar-refractivity contribution in [3.05, 3.63) is 102 Å². The molecule has 0 unspecified atom stereocenters. The highest BCUT2D eigenvalue weighted by Gasteiger charge is 2.17. The zero-order valence-corrected chi connectivity index (χ0v) is 16.4. The standard InChI is InChI=1S/C26H28N2/c1-3-10-23(11-4-1)12-9-17-27-18-20-28(21-19-27)22-25-15-7-8-16-26(25)24-13-5-2-6-14-24/h1-16H,17-22H2/b12-9+. The van der Waals surface area contributed by atoms with E-state index in [9.17, 15) is 0 Å². The highest BCUT2D eigenvalue weighted by Crippen LogP contribution is 2.24. The molecule has 0 aliphatic carbocycles. The van der Waals surface area contributed by atoms with Crippen molar-refractivity contribution >= 4 is 6.08 Å². The van der Waals surface area contributed by atoms with Crippen molar-refractivity contribution in [3.63, 3.8) is 0 Å². The fraction of sp³-hybridized carbons (Fsp3) is 0.231. The van der Waals surface area contributed by atoms with E-state index in [1.165, 1.54) is 22.3 Å². The first-order chi connectivity index (χ1) is 13.9. The van der Waals surface area contributed by atoms with Crippen LogP contribution in [0.2, 0.25) is 0 Å². The maximum Gasteiger partial charge on any atom is 0.0240 e. The number of hydrogen-bond acceptors (Lipinski definition) is 2. The van der Waals surface area contributed by atoms with Gasteiger partial charge in [0.15, 0.2) is 0 Å². The largest absolute Gasteiger partial charge is 0.297 e. The smallest absolute Gasteiger partial charge is 0.0240 e. The third-order valence-corrected chi connectivity index (χ3v) is 5.43. The quantitative estimate of drug-likeness (QED) is 0.591. The Morgan fingerprint density at radius 2 is 1.25 bits per heavy atom. The van der Waals surface area contributed by atoms with Crippen LogP contribution in [0, 0.1) is 0 Å². The highest BCUT2D eigenvalue weighted by molar-refractivity contribution is 5.67. The molecular formula is C26H28N2. The molecule has 0 atom stereocenters. The van der Waals surface area contributed by atoms with Crippen LogP contribution in [0.3, 0.4) is 0 Å². The normalized spacial score (nSPS) is 15.9. The van der Waals surface area contributed by atoms with E-state index in [-0.39, 0.29) is 0 Å². The van der Waals surface area contributed by atoms with Crippen LogP contribution in [-0.2, 0) is 6.54 Å². The Morgan fingerprint density at radius 3 is 2.00 bits per heavy atom. The van der Waals surface area contributed by atoms with Gasteiger partial charge < -0.3 is 0 Å². The maximum absolute atomic E-state index is 2.58. The summed E-state index contributed by atoms with van der Waals surface area (Å²) in [5.41, 5.74) is 5.36. The zero-order valence-electron chi connectivity index (χ0n) is 16.4. The Kier molecular flexibility index (Phi) is 6.33. The fourth-order valence-corrected chi connectivity index (χ4v) is 3.83. The van der Waals surface area contributed by atoms with Crippen molar-refractivity contribution in [1.82, 2.24) is 9.80 Å². The summed E-state index contributed by atoms with van der Waals surface area (Å²) in [6, 6.07) is 30.1. The molecule has 1 fully saturated rings. The second kappa shape index (κ2) is 9.50. The Hall–Kier alpha value is -2.68. The average Bonchev–Trinajstić information content (AvgIpc) is 2.77. The van der Waals surface area contributed by atoms with Gasteiger partial charge in [0.1, 0.15) is 0 Å². The molecule has 28 heavy (non-hydrogen) atoms. The maximum atomic E-state index is 2.58. The first-order valence-corrected chi connectivity index (χ1v) is 10.2. The van der Waals surface area contributed by atoms with Crippen molar-refractivity contribution < 1.29 is 0 Å². The molecule has 4 rings (SSSR count). The second-order valence-corrected chi connectivity index (χ2v) is 7.41. The van der Waals surface area contributed by atoms with Crippen LogP contribution in [0.25, 0.3) is 17.2 Å². The third-order valence-electron chi connectivity index (χ3n) is 5.43. The molecule has 0 radical (unpaired) electrons. The van der Waals surface area contributed by atoms with Gasteiger partial charge in [-0.05, 0) is 22.3 Å². The number of nitrogens with zero attached hydrogens (tertiary/aromatic N) is 2. The van der Waals surface area contributed by atoms with Crippen LogP contribution in [0.4, 0.5) is 0 Å². The molecule has 142 valence electrons. The first-order valence-electron chi connectivity index (χ1n) is 10.2. The van der Waals surface area contributed by atoms with Gasteiger partial charge in [-0.25, -0.2) is 0 Å². The van der Waals surface area contributed by atoms with E-state index < -0.39 is 0 Å². The lowest BCUT2D eigenvalue weighted by molar-refractivity contribution is 0.137. The van der Waals surface area contributed by atoms with Crippen molar-refractivity contribution in [2.24, 2.45) is 0 Å². The molecule has 3 aromatic carbocycles. The van der Waals surface area contributed by atoms with Gasteiger partial charge in [-0.3, -0.25) is 9.80 Å². The summed E-state index contributed by atoms with van der Waals surface area (Å²) in [4.78, 5) is 5.12. The van der Waals surface area contributed by atoms with Crippen LogP contribution in [0.5, 0.6) is 0 Å². The predicted octanol–water partition coefficient (Wildman–Crippen LogP) is 5.18. The molecule has 2 heteroatoms. The van der Waals surface area contributed by atoms with Gasteiger partial charge in [-0.15, -0.1) is 0 Å². The Bertz CT molecular complexity index is 879. The van der Waals surface area contributed by atoms with Gasteiger partial charge in [0, 0.05) is 39.3 Å². The third kappa shape index (κ3) is 4.98. The molecule has 0 bridgehead atoms. The molecule has 0 spiro atoms. The van der Waals surface area contributed by atoms with Crippen LogP contribution >= 0.6 is 0 Å². The molecule has 0 amide bonds. The van der Waals surface area contributed by atoms with Crippen LogP contribution in [0.15, 0.2) is 91.0 Å². The summed E-state index contributed by atoms with van der Waals surface area (Å²) in [7, 11) is 0. The zero-order chi connectivity index (χ0) is 19.0. The monoisotopic (exact) mass is 368 g/mol. The highest BCUT2D eigenvalue weighted by atomic mass is 15.3. The van der Waals surface area contributed by atoms with Crippen LogP contribution in [0.1, 0.15) is 11.1 Å². The van der Waals surface area contributed by atoms with Crippen LogP contribution < -0.4 is 0 Å². The van der Waals surface area contributed by atoms with Crippen molar-refractivity contribution in [1.29, 1.82) is 0 Å². The van der Waals surface area contributed by atoms with Crippen molar-refractivity contribution in [3.8, 4) is 11.1 Å². The summed E-state index contributed by atoms with van der Waals surface area (Å²) < 4.78 is 0. The topological polar surface area (TPSA) is 6.48 Å². The van der Waals surface area contributed by atoms with E-state index in [1.54, 1.807) is 0 Å². The lowest BCUT2D eigenvalue weighted by Gasteiger charge is -2.34. The van der Waals surface area contributed by atoms with Crippen LogP contribution in [-0.4, -0.2) is 42.5 Å². The Morgan fingerprint density at radius 1 is 0.643 bits per heavy atom. The van der Waals surface area contributed by atoms with E-state index in [0.717, 1.165) is 39.3 Å². The van der Waals surface area contributed by atoms with E-state index >= 15 is 0 Å². The number of rotatable bonds is 6. The van der Waals surface area contributed by atoms with Gasteiger partial charge in [0.05, 0.1) is 0 Å². The summed E-state index contributed by atoms with van der Waals surface area (Å²) in [6.45, 7) is 6.58. The second-order valence-electron chi connectivity index (χ2n) is 7.41. The molecule has 3 aromatic rings. The molecular weight excluding hydrogens is 340 g/mol. The van der Waals surface area contributed by atoms with E-state index in [0.29, 0.717) is 0 Å². The minimum absolute atomic E-state index is 1.03. The molecule has 1 aliphatic rings. The van der Waals surface area contributed by atoms with Gasteiger partial charge in [-0.2, -0.15) is 0 Å². The SMILES string of the molecule is C(=C\c1ccccc1)/CN1CCN(Cc2ccccc2-c2ccccc2)CC1. The van der Waals surface area contributed by atoms with Crippen molar-refractivity contribution in [2.45, 2.75) is 6.54 Å². The van der Waals surface area contributed by atoms with Gasteiger partial charge in [-0.1, -0.05) is 97.1 Å². The molecule has 1 heterocycles. The Labute approximate surface area is 168 Å². The van der Waals surface area contributed by atoms with E-state index in [2.05, 4.69) is 107 Å². The molecule has 0 saturated carbocycles. The molecule has 0 N–H and O–H groups in total. The van der Waals surface area contributed by atoms with Gasteiger partial charge in [0.2, 0.25) is 0 Å². The average molecular weight is 369 g/mol. The summed E-state index contributed by atoms with van der Waals surface area (Å²) >= 11 is 0. The van der Waals surface area contributed by atoms with Gasteiger partial charge >= 0.3 is 0 Å². The van der Waals surface area contributed by atoms with Crippen molar-refractivity contribution in [2.75, 3.05) is 32.7 Å². The number of hydrogen-bond donors (Lipinski definition) is 0. The first kappa shape index (κ1) is 18.7. The molecule has 1 saturated heterocycles. The van der Waals surface area contributed by atoms with E-state index in [1.807, 2.05) is 0 Å². The number of piperazine rings is 1. The fourth-order valence-electron chi connectivity index (χ4n) is 3.83. The lowest BCUT2D eigenvalue weighted by atomic mass is 9.99. The summed E-state index contributed by atoms with van der Waals surface area (Å²) in [6.07, 6.45) is 4.51. The summed E-state index contributed by atoms with van der Waals surface area (Å²) in [5.74, 6) is 0. The lowest BCUT2D eigenvalue weighted by Crippen LogP contribution is -2.45. The molecule has 0 aromatic heterocycles.